The molecule has 0 aliphatic heterocycles. The maximum Gasteiger partial charge on any atom is 0.343 e. The van der Waals surface area contributed by atoms with Crippen LogP contribution >= 0.6 is 11.8 Å². The second kappa shape index (κ2) is 9.78. The fraction of sp³-hybridized carbons (Fsp3) is 0. The van der Waals surface area contributed by atoms with E-state index >= 15 is 0 Å². The summed E-state index contributed by atoms with van der Waals surface area (Å²) in [4.78, 5) is 26.2. The second-order valence-corrected chi connectivity index (χ2v) is 7.70. The Morgan fingerprint density at radius 3 is 1.19 bits per heavy atom. The lowest BCUT2D eigenvalue weighted by Gasteiger charge is -2.07. The zero-order valence-electron chi connectivity index (χ0n) is 16.4. The van der Waals surface area contributed by atoms with Crippen molar-refractivity contribution in [2.45, 2.75) is 9.79 Å². The van der Waals surface area contributed by atoms with Gasteiger partial charge in [-0.3, -0.25) is 0 Å². The highest BCUT2D eigenvalue weighted by atomic mass is 32.2. The molecular weight excluding hydrogens is 408 g/mol. The Morgan fingerprint density at radius 1 is 0.484 bits per heavy atom. The molecule has 0 aromatic heterocycles. The van der Waals surface area contributed by atoms with Crippen molar-refractivity contribution in [1.29, 1.82) is 0 Å². The Labute approximate surface area is 184 Å². The Morgan fingerprint density at radius 2 is 0.839 bits per heavy atom. The summed E-state index contributed by atoms with van der Waals surface area (Å²) in [6.45, 7) is 0. The largest absolute Gasteiger partial charge is 0.423 e. The van der Waals surface area contributed by atoms with Gasteiger partial charge in [0.05, 0.1) is 11.1 Å². The summed E-state index contributed by atoms with van der Waals surface area (Å²) in [7, 11) is 0. The normalized spacial score (nSPS) is 10.3. The molecule has 0 bridgehead atoms. The fourth-order valence-electron chi connectivity index (χ4n) is 2.77. The number of rotatable bonds is 6. The molecule has 4 nitrogen and oxygen atoms in total. The van der Waals surface area contributed by atoms with Gasteiger partial charge in [-0.25, -0.2) is 9.59 Å². The Bertz CT molecular complexity index is 1060. The number of benzene rings is 4. The van der Waals surface area contributed by atoms with Crippen molar-refractivity contribution in [3.63, 3.8) is 0 Å². The van der Waals surface area contributed by atoms with Crippen molar-refractivity contribution in [2.24, 2.45) is 0 Å². The number of ether oxygens (including phenoxy) is 2. The van der Waals surface area contributed by atoms with Crippen molar-refractivity contribution in [3.05, 3.63) is 120 Å². The average Bonchev–Trinajstić information content (AvgIpc) is 2.82. The maximum atomic E-state index is 12.1. The zero-order valence-corrected chi connectivity index (χ0v) is 17.3. The molecule has 0 atom stereocenters. The van der Waals surface area contributed by atoms with Gasteiger partial charge < -0.3 is 9.47 Å². The molecule has 4 rings (SSSR count). The minimum atomic E-state index is -0.387. The lowest BCUT2D eigenvalue weighted by molar-refractivity contribution is 0.0725. The van der Waals surface area contributed by atoms with E-state index in [1.165, 1.54) is 0 Å². The zero-order chi connectivity index (χ0) is 21.5. The van der Waals surface area contributed by atoms with Crippen LogP contribution in [0.15, 0.2) is 119 Å². The standard InChI is InChI=1S/C26H18O4S/c27-25(19-7-3-1-4-8-19)29-21-11-15-23(16-12-21)31-24-17-13-22(14-18-24)30-26(28)20-9-5-2-6-10-20/h1-18H. The fourth-order valence-corrected chi connectivity index (χ4v) is 3.58. The Hall–Kier alpha value is -3.83. The highest BCUT2D eigenvalue weighted by molar-refractivity contribution is 7.99. The number of esters is 2. The highest BCUT2D eigenvalue weighted by Gasteiger charge is 2.09. The first kappa shape index (κ1) is 20.4. The van der Waals surface area contributed by atoms with E-state index in [0.717, 1.165) is 9.79 Å². The van der Waals surface area contributed by atoms with Crippen molar-refractivity contribution < 1.29 is 19.1 Å². The third-order valence-corrected chi connectivity index (χ3v) is 5.34. The van der Waals surface area contributed by atoms with Crippen LogP contribution in [0.5, 0.6) is 11.5 Å². The maximum absolute atomic E-state index is 12.1. The number of hydrogen-bond acceptors (Lipinski definition) is 5. The molecule has 0 unspecified atom stereocenters. The molecule has 152 valence electrons. The van der Waals surface area contributed by atoms with Crippen LogP contribution in [0.4, 0.5) is 0 Å². The molecule has 0 heterocycles. The summed E-state index contributed by atoms with van der Waals surface area (Å²) in [5.41, 5.74) is 1.02. The van der Waals surface area contributed by atoms with Crippen LogP contribution in [0, 0.1) is 0 Å². The molecule has 4 aromatic carbocycles. The van der Waals surface area contributed by atoms with Gasteiger partial charge in [-0.15, -0.1) is 0 Å². The SMILES string of the molecule is O=C(Oc1ccc(Sc2ccc(OC(=O)c3ccccc3)cc2)cc1)c1ccccc1. The Balaban J connectivity index is 1.34. The van der Waals surface area contributed by atoms with Gasteiger partial charge in [0.2, 0.25) is 0 Å². The third-order valence-electron chi connectivity index (χ3n) is 4.32. The van der Waals surface area contributed by atoms with Crippen LogP contribution in [0.25, 0.3) is 0 Å². The molecule has 0 radical (unpaired) electrons. The van der Waals surface area contributed by atoms with Crippen LogP contribution < -0.4 is 9.47 Å². The molecule has 0 spiro atoms. The van der Waals surface area contributed by atoms with E-state index in [4.69, 9.17) is 9.47 Å². The first-order chi connectivity index (χ1) is 15.2. The van der Waals surface area contributed by atoms with E-state index in [1.54, 1.807) is 84.6 Å². The first-order valence-electron chi connectivity index (χ1n) is 9.60. The van der Waals surface area contributed by atoms with Gasteiger partial charge in [0.15, 0.2) is 0 Å². The molecular formula is C26H18O4S. The monoisotopic (exact) mass is 426 g/mol. The van der Waals surface area contributed by atoms with Crippen molar-refractivity contribution in [3.8, 4) is 11.5 Å². The predicted molar refractivity (Wildman–Crippen MR) is 120 cm³/mol. The topological polar surface area (TPSA) is 52.6 Å². The molecule has 4 aromatic rings. The van der Waals surface area contributed by atoms with Gasteiger partial charge in [0, 0.05) is 9.79 Å². The van der Waals surface area contributed by atoms with Gasteiger partial charge in [-0.05, 0) is 72.8 Å². The number of carbonyl (C=O) groups is 2. The quantitative estimate of drug-likeness (QED) is 0.268. The third kappa shape index (κ3) is 5.62. The summed E-state index contributed by atoms with van der Waals surface area (Å²) in [5, 5.41) is 0. The average molecular weight is 426 g/mol. The van der Waals surface area contributed by atoms with Crippen LogP contribution in [0.1, 0.15) is 20.7 Å². The second-order valence-electron chi connectivity index (χ2n) is 6.56. The lowest BCUT2D eigenvalue weighted by atomic mass is 10.2. The minimum Gasteiger partial charge on any atom is -0.423 e. The molecule has 0 aliphatic rings. The van der Waals surface area contributed by atoms with E-state index in [-0.39, 0.29) is 11.9 Å². The molecule has 0 aliphatic carbocycles. The van der Waals surface area contributed by atoms with E-state index in [2.05, 4.69) is 0 Å². The smallest absolute Gasteiger partial charge is 0.343 e. The van der Waals surface area contributed by atoms with Gasteiger partial charge in [-0.1, -0.05) is 48.2 Å². The number of carbonyl (C=O) groups excluding carboxylic acids is 2. The summed E-state index contributed by atoms with van der Waals surface area (Å²) in [6.07, 6.45) is 0. The highest BCUT2D eigenvalue weighted by Crippen LogP contribution is 2.30. The van der Waals surface area contributed by atoms with E-state index in [0.29, 0.717) is 22.6 Å². The van der Waals surface area contributed by atoms with Gasteiger partial charge in [0.1, 0.15) is 11.5 Å². The van der Waals surface area contributed by atoms with E-state index in [1.807, 2.05) is 36.4 Å². The predicted octanol–water partition coefficient (Wildman–Crippen LogP) is 6.28. The summed E-state index contributed by atoms with van der Waals surface area (Å²) >= 11 is 1.55. The summed E-state index contributed by atoms with van der Waals surface area (Å²) in [6, 6.07) is 32.4. The molecule has 5 heteroatoms. The van der Waals surface area contributed by atoms with Crippen LogP contribution in [-0.4, -0.2) is 11.9 Å². The van der Waals surface area contributed by atoms with Crippen molar-refractivity contribution >= 4 is 23.7 Å². The number of hydrogen-bond donors (Lipinski definition) is 0. The summed E-state index contributed by atoms with van der Waals surface area (Å²) in [5.74, 6) is 0.200. The van der Waals surface area contributed by atoms with Crippen LogP contribution in [0.2, 0.25) is 0 Å². The molecule has 0 saturated carbocycles. The van der Waals surface area contributed by atoms with Crippen LogP contribution in [-0.2, 0) is 0 Å². The van der Waals surface area contributed by atoms with Gasteiger partial charge >= 0.3 is 11.9 Å². The molecule has 0 saturated heterocycles. The van der Waals surface area contributed by atoms with Crippen molar-refractivity contribution in [2.75, 3.05) is 0 Å². The van der Waals surface area contributed by atoms with Crippen LogP contribution in [0.3, 0.4) is 0 Å². The van der Waals surface area contributed by atoms with Gasteiger partial charge in [-0.2, -0.15) is 0 Å². The summed E-state index contributed by atoms with van der Waals surface area (Å²) < 4.78 is 10.8. The van der Waals surface area contributed by atoms with E-state index in [9.17, 15) is 9.59 Å². The molecule has 31 heavy (non-hydrogen) atoms. The minimum absolute atomic E-state index is 0.387. The van der Waals surface area contributed by atoms with Gasteiger partial charge in [0.25, 0.3) is 0 Å². The molecule has 0 N–H and O–H groups in total. The van der Waals surface area contributed by atoms with Crippen molar-refractivity contribution in [1.82, 2.24) is 0 Å². The molecule has 0 amide bonds. The Kier molecular flexibility index (Phi) is 6.45. The molecule has 0 fully saturated rings. The lowest BCUT2D eigenvalue weighted by Crippen LogP contribution is -2.07. The van der Waals surface area contributed by atoms with E-state index < -0.39 is 0 Å². The first-order valence-corrected chi connectivity index (χ1v) is 10.4.